The van der Waals surface area contributed by atoms with E-state index in [1.54, 1.807) is 12.1 Å². The third-order valence-electron chi connectivity index (χ3n) is 3.32. The molecule has 1 aliphatic rings. The third kappa shape index (κ3) is 4.01. The highest BCUT2D eigenvalue weighted by Crippen LogP contribution is 2.15. The van der Waals surface area contributed by atoms with Crippen LogP contribution >= 0.6 is 0 Å². The molecule has 1 aromatic carbocycles. The van der Waals surface area contributed by atoms with Gasteiger partial charge in [0.2, 0.25) is 10.0 Å². The number of hydrogen-bond acceptors (Lipinski definition) is 4. The lowest BCUT2D eigenvalue weighted by molar-refractivity contribution is 0.117. The molecule has 0 radical (unpaired) electrons. The molecule has 0 aromatic heterocycles. The van der Waals surface area contributed by atoms with E-state index in [1.165, 1.54) is 0 Å². The first kappa shape index (κ1) is 14.5. The fourth-order valence-corrected chi connectivity index (χ4v) is 3.64. The normalized spacial score (nSPS) is 23.7. The van der Waals surface area contributed by atoms with Crippen LogP contribution in [0.2, 0.25) is 0 Å². The first-order chi connectivity index (χ1) is 9.00. The Morgan fingerprint density at radius 2 is 1.95 bits per heavy atom. The van der Waals surface area contributed by atoms with Gasteiger partial charge >= 0.3 is 0 Å². The Labute approximate surface area is 114 Å². The maximum absolute atomic E-state index is 12.1. The average molecular weight is 284 g/mol. The Kier molecular flexibility index (Phi) is 4.57. The van der Waals surface area contributed by atoms with Crippen molar-refractivity contribution >= 4 is 10.0 Å². The number of nitrogens with one attached hydrogen (secondary N) is 1. The number of hydrogen-bond donors (Lipinski definition) is 2. The van der Waals surface area contributed by atoms with Crippen molar-refractivity contribution in [2.24, 2.45) is 5.73 Å². The highest BCUT2D eigenvalue weighted by atomic mass is 32.2. The van der Waals surface area contributed by atoms with Crippen LogP contribution in [0.1, 0.15) is 24.5 Å². The second kappa shape index (κ2) is 6.00. The van der Waals surface area contributed by atoms with Gasteiger partial charge in [-0.15, -0.1) is 0 Å². The van der Waals surface area contributed by atoms with E-state index in [1.807, 2.05) is 19.1 Å². The molecule has 0 saturated carbocycles. The lowest BCUT2D eigenvalue weighted by atomic mass is 10.1. The van der Waals surface area contributed by atoms with Gasteiger partial charge < -0.3 is 10.5 Å². The van der Waals surface area contributed by atoms with E-state index in [2.05, 4.69) is 4.72 Å². The van der Waals surface area contributed by atoms with Gasteiger partial charge in [-0.2, -0.15) is 0 Å². The lowest BCUT2D eigenvalue weighted by Gasteiger charge is -2.16. The molecule has 2 rings (SSSR count). The molecule has 0 spiro atoms. The Hall–Kier alpha value is -0.950. The van der Waals surface area contributed by atoms with Crippen LogP contribution in [0.4, 0.5) is 0 Å². The molecule has 2 unspecified atom stereocenters. The van der Waals surface area contributed by atoms with Gasteiger partial charge in [0.25, 0.3) is 0 Å². The van der Waals surface area contributed by atoms with Crippen LogP contribution in [-0.2, 0) is 27.1 Å². The fourth-order valence-electron chi connectivity index (χ4n) is 2.15. The highest BCUT2D eigenvalue weighted by Gasteiger charge is 2.28. The van der Waals surface area contributed by atoms with Crippen LogP contribution in [0.5, 0.6) is 0 Å². The van der Waals surface area contributed by atoms with Crippen LogP contribution in [-0.4, -0.2) is 27.2 Å². The maximum atomic E-state index is 12.1. The molecule has 5 nitrogen and oxygen atoms in total. The predicted molar refractivity (Wildman–Crippen MR) is 73.9 cm³/mol. The molecule has 1 aromatic rings. The molecule has 0 amide bonds. The molecule has 0 bridgehead atoms. The van der Waals surface area contributed by atoms with Crippen molar-refractivity contribution in [1.82, 2.24) is 4.72 Å². The van der Waals surface area contributed by atoms with Gasteiger partial charge in [0, 0.05) is 19.2 Å². The van der Waals surface area contributed by atoms with Crippen molar-refractivity contribution in [3.05, 3.63) is 35.4 Å². The summed E-state index contributed by atoms with van der Waals surface area (Å²) in [6, 6.07) is 7.19. The Bertz CT molecular complexity index is 513. The third-order valence-corrected chi connectivity index (χ3v) is 4.70. The highest BCUT2D eigenvalue weighted by molar-refractivity contribution is 7.88. The minimum atomic E-state index is -3.33. The molecule has 2 atom stereocenters. The zero-order valence-electron chi connectivity index (χ0n) is 11.0. The van der Waals surface area contributed by atoms with Crippen molar-refractivity contribution in [3.63, 3.8) is 0 Å². The van der Waals surface area contributed by atoms with E-state index < -0.39 is 10.0 Å². The summed E-state index contributed by atoms with van der Waals surface area (Å²) in [6.45, 7) is 2.96. The summed E-state index contributed by atoms with van der Waals surface area (Å²) < 4.78 is 32.2. The van der Waals surface area contributed by atoms with Crippen LogP contribution < -0.4 is 10.5 Å². The average Bonchev–Trinajstić information content (AvgIpc) is 2.75. The summed E-state index contributed by atoms with van der Waals surface area (Å²) in [5, 5.41) is 0. The second-order valence-corrected chi connectivity index (χ2v) is 6.62. The van der Waals surface area contributed by atoms with E-state index in [9.17, 15) is 8.42 Å². The minimum absolute atomic E-state index is 0.0128. The minimum Gasteiger partial charge on any atom is -0.377 e. The van der Waals surface area contributed by atoms with E-state index in [-0.39, 0.29) is 17.9 Å². The molecule has 3 N–H and O–H groups in total. The van der Waals surface area contributed by atoms with E-state index >= 15 is 0 Å². The maximum Gasteiger partial charge on any atom is 0.216 e. The molecule has 19 heavy (non-hydrogen) atoms. The van der Waals surface area contributed by atoms with Gasteiger partial charge in [-0.1, -0.05) is 24.3 Å². The smallest absolute Gasteiger partial charge is 0.216 e. The largest absolute Gasteiger partial charge is 0.377 e. The quantitative estimate of drug-likeness (QED) is 0.835. The molecule has 106 valence electrons. The van der Waals surface area contributed by atoms with Crippen LogP contribution in [0.15, 0.2) is 24.3 Å². The summed E-state index contributed by atoms with van der Waals surface area (Å²) in [7, 11) is -3.33. The van der Waals surface area contributed by atoms with Crippen molar-refractivity contribution < 1.29 is 13.2 Å². The number of rotatable bonds is 5. The second-order valence-electron chi connectivity index (χ2n) is 4.87. The monoisotopic (exact) mass is 284 g/mol. The van der Waals surface area contributed by atoms with Gasteiger partial charge in [-0.3, -0.25) is 0 Å². The molecule has 1 saturated heterocycles. The van der Waals surface area contributed by atoms with Crippen molar-refractivity contribution in [3.8, 4) is 0 Å². The van der Waals surface area contributed by atoms with Gasteiger partial charge in [0.15, 0.2) is 0 Å². The summed E-state index contributed by atoms with van der Waals surface area (Å²) in [5.74, 6) is -0.0128. The number of benzene rings is 1. The van der Waals surface area contributed by atoms with Crippen LogP contribution in [0.3, 0.4) is 0 Å². The van der Waals surface area contributed by atoms with E-state index in [0.717, 1.165) is 17.5 Å². The van der Waals surface area contributed by atoms with Crippen molar-refractivity contribution in [2.75, 3.05) is 6.61 Å². The Morgan fingerprint density at radius 1 is 1.32 bits per heavy atom. The number of nitrogens with two attached hydrogens (primary N) is 1. The van der Waals surface area contributed by atoms with Gasteiger partial charge in [-0.25, -0.2) is 13.1 Å². The summed E-state index contributed by atoms with van der Waals surface area (Å²) in [4.78, 5) is 0. The van der Waals surface area contributed by atoms with E-state index in [0.29, 0.717) is 13.2 Å². The lowest BCUT2D eigenvalue weighted by Crippen LogP contribution is -2.39. The van der Waals surface area contributed by atoms with Crippen molar-refractivity contribution in [2.45, 2.75) is 37.8 Å². The number of sulfonamides is 1. The van der Waals surface area contributed by atoms with Crippen LogP contribution in [0.25, 0.3) is 0 Å². The molecule has 1 fully saturated rings. The molecular formula is C13H20N2O3S. The molecule has 1 aliphatic heterocycles. The van der Waals surface area contributed by atoms with Gasteiger partial charge in [-0.05, 0) is 24.5 Å². The predicted octanol–water partition coefficient (Wildman–Crippen LogP) is 0.742. The van der Waals surface area contributed by atoms with E-state index in [4.69, 9.17) is 10.5 Å². The molecule has 1 heterocycles. The fraction of sp³-hybridized carbons (Fsp3) is 0.538. The summed E-state index contributed by atoms with van der Waals surface area (Å²) in [6.07, 6.45) is 0.668. The molecular weight excluding hydrogens is 264 g/mol. The zero-order valence-corrected chi connectivity index (χ0v) is 11.8. The van der Waals surface area contributed by atoms with Crippen LogP contribution in [0, 0.1) is 0 Å². The summed E-state index contributed by atoms with van der Waals surface area (Å²) >= 11 is 0. The number of ether oxygens (including phenoxy) is 1. The van der Waals surface area contributed by atoms with Gasteiger partial charge in [0.1, 0.15) is 0 Å². The van der Waals surface area contributed by atoms with Crippen molar-refractivity contribution in [1.29, 1.82) is 0 Å². The first-order valence-corrected chi connectivity index (χ1v) is 8.05. The summed E-state index contributed by atoms with van der Waals surface area (Å²) in [5.41, 5.74) is 7.26. The molecule has 0 aliphatic carbocycles. The SMILES string of the molecule is CC1OCCC1NS(=O)(=O)Cc1ccc(CN)cc1. The standard InChI is InChI=1S/C13H20N2O3S/c1-10-13(6-7-18-10)15-19(16,17)9-12-4-2-11(8-14)3-5-12/h2-5,10,13,15H,6-9,14H2,1H3. The van der Waals surface area contributed by atoms with Gasteiger partial charge in [0.05, 0.1) is 11.9 Å². The topological polar surface area (TPSA) is 81.4 Å². The Morgan fingerprint density at radius 3 is 2.47 bits per heavy atom. The zero-order chi connectivity index (χ0) is 13.9. The molecule has 6 heteroatoms. The first-order valence-electron chi connectivity index (χ1n) is 6.39. The Balaban J connectivity index is 1.99.